The molecule has 160 valence electrons. The van der Waals surface area contributed by atoms with Crippen LogP contribution in [0.2, 0.25) is 0 Å². The Hall–Kier alpha value is -4.00. The van der Waals surface area contributed by atoms with Crippen molar-refractivity contribution in [2.45, 2.75) is 0 Å². The van der Waals surface area contributed by atoms with Gasteiger partial charge in [-0.15, -0.1) is 0 Å². The third kappa shape index (κ3) is 6.50. The summed E-state index contributed by atoms with van der Waals surface area (Å²) in [4.78, 5) is 61.6. The molecule has 14 nitrogen and oxygen atoms in total. The maximum Gasteiger partial charge on any atom is 0.343 e. The molecule has 0 radical (unpaired) electrons. The van der Waals surface area contributed by atoms with E-state index in [1.54, 1.807) is 0 Å². The summed E-state index contributed by atoms with van der Waals surface area (Å²) in [5.74, 6) is -6.31. The van der Waals surface area contributed by atoms with Gasteiger partial charge in [0.15, 0.2) is 11.1 Å². The number of carboxylic acids is 4. The van der Waals surface area contributed by atoms with Gasteiger partial charge < -0.3 is 20.4 Å². The smallest absolute Gasteiger partial charge is 0.343 e. The van der Waals surface area contributed by atoms with Crippen molar-refractivity contribution < 1.29 is 75.7 Å². The Morgan fingerprint density at radius 2 is 0.903 bits per heavy atom. The molecule has 0 unspecified atom stereocenters. The molecule has 0 aromatic heterocycles. The van der Waals surface area contributed by atoms with E-state index in [-0.39, 0.29) is 26.2 Å². The van der Waals surface area contributed by atoms with Crippen LogP contribution in [0.25, 0.3) is 0 Å². The Morgan fingerprint density at radius 1 is 0.613 bits per heavy atom. The molecule has 2 aromatic rings. The maximum atomic E-state index is 10.7. The minimum atomic E-state index is -1.64. The van der Waals surface area contributed by atoms with Crippen LogP contribution in [0.4, 0.5) is 11.4 Å². The SMILES string of the molecule is O=C(O)c1cccc([N+](=O)[O-])c1C(=O)O.O=C(O)c1cccc([N+](=O)[O-])c1C(=O)O.[Zr]. The molecule has 15 heteroatoms. The molecule has 0 saturated heterocycles. The van der Waals surface area contributed by atoms with Crippen LogP contribution in [0, 0.1) is 20.2 Å². The van der Waals surface area contributed by atoms with E-state index in [1.807, 2.05) is 0 Å². The molecule has 0 amide bonds. The monoisotopic (exact) mass is 512 g/mol. The van der Waals surface area contributed by atoms with Gasteiger partial charge in [0.2, 0.25) is 0 Å². The summed E-state index contributed by atoms with van der Waals surface area (Å²) < 4.78 is 0. The van der Waals surface area contributed by atoms with Crippen molar-refractivity contribution in [2.75, 3.05) is 0 Å². The van der Waals surface area contributed by atoms with E-state index in [0.29, 0.717) is 0 Å². The van der Waals surface area contributed by atoms with Crippen molar-refractivity contribution in [2.24, 2.45) is 0 Å². The topological polar surface area (TPSA) is 235 Å². The summed E-state index contributed by atoms with van der Waals surface area (Å²) in [6.07, 6.45) is 0. The Morgan fingerprint density at radius 3 is 1.10 bits per heavy atom. The van der Waals surface area contributed by atoms with E-state index in [0.717, 1.165) is 36.4 Å². The Balaban J connectivity index is 0.000000562. The first-order chi connectivity index (χ1) is 13.9. The Labute approximate surface area is 189 Å². The van der Waals surface area contributed by atoms with Gasteiger partial charge in [0.05, 0.1) is 21.0 Å². The first-order valence-electron chi connectivity index (χ1n) is 7.38. The van der Waals surface area contributed by atoms with Crippen LogP contribution in [0.5, 0.6) is 0 Å². The first-order valence-corrected chi connectivity index (χ1v) is 7.38. The summed E-state index contributed by atoms with van der Waals surface area (Å²) in [5, 5.41) is 55.5. The van der Waals surface area contributed by atoms with Crippen molar-refractivity contribution in [3.63, 3.8) is 0 Å². The number of hydrogen-bond donors (Lipinski definition) is 4. The van der Waals surface area contributed by atoms with Gasteiger partial charge in [-0.2, -0.15) is 0 Å². The molecule has 0 fully saturated rings. The zero-order chi connectivity index (χ0) is 23.2. The number of aromatic carboxylic acids is 4. The van der Waals surface area contributed by atoms with Gasteiger partial charge in [0.1, 0.15) is 0 Å². The predicted molar refractivity (Wildman–Crippen MR) is 94.0 cm³/mol. The Kier molecular flexibility index (Phi) is 9.80. The Bertz CT molecular complexity index is 932. The van der Waals surface area contributed by atoms with E-state index < -0.39 is 67.4 Å². The molecule has 0 bridgehead atoms. The van der Waals surface area contributed by atoms with Gasteiger partial charge in [-0.05, 0) is 12.1 Å². The molecule has 0 heterocycles. The van der Waals surface area contributed by atoms with Crippen molar-refractivity contribution in [3.05, 3.63) is 78.9 Å². The number of carbonyl (C=O) groups is 4. The minimum absolute atomic E-state index is 0. The van der Waals surface area contributed by atoms with E-state index in [1.165, 1.54) is 0 Å². The van der Waals surface area contributed by atoms with Crippen LogP contribution in [0.3, 0.4) is 0 Å². The van der Waals surface area contributed by atoms with E-state index in [4.69, 9.17) is 20.4 Å². The maximum absolute atomic E-state index is 10.7. The number of rotatable bonds is 6. The second-order valence-corrected chi connectivity index (χ2v) is 5.13. The molecule has 0 aliphatic carbocycles. The van der Waals surface area contributed by atoms with Crippen LogP contribution in [0.1, 0.15) is 41.4 Å². The van der Waals surface area contributed by atoms with Crippen LogP contribution >= 0.6 is 0 Å². The number of benzene rings is 2. The zero-order valence-corrected chi connectivity index (χ0v) is 17.4. The summed E-state index contributed by atoms with van der Waals surface area (Å²) in [6.45, 7) is 0. The number of hydrogen-bond acceptors (Lipinski definition) is 8. The van der Waals surface area contributed by atoms with Crippen LogP contribution in [0.15, 0.2) is 36.4 Å². The van der Waals surface area contributed by atoms with Crippen LogP contribution < -0.4 is 0 Å². The quantitative estimate of drug-likeness (QED) is 0.320. The summed E-state index contributed by atoms with van der Waals surface area (Å²) in [7, 11) is 0. The largest absolute Gasteiger partial charge is 0.478 e. The summed E-state index contributed by atoms with van der Waals surface area (Å²) >= 11 is 0. The molecule has 31 heavy (non-hydrogen) atoms. The third-order valence-corrected chi connectivity index (χ3v) is 3.37. The molecule has 0 aliphatic rings. The first kappa shape index (κ1) is 27.0. The molecule has 2 rings (SSSR count). The van der Waals surface area contributed by atoms with Gasteiger partial charge in [-0.3, -0.25) is 20.2 Å². The molecule has 0 saturated carbocycles. The zero-order valence-electron chi connectivity index (χ0n) is 14.9. The molecular formula is C16H10N2O12Zr. The van der Waals surface area contributed by atoms with Gasteiger partial charge in [0, 0.05) is 38.3 Å². The van der Waals surface area contributed by atoms with Gasteiger partial charge >= 0.3 is 23.9 Å². The van der Waals surface area contributed by atoms with E-state index in [2.05, 4.69) is 0 Å². The van der Waals surface area contributed by atoms with E-state index in [9.17, 15) is 39.4 Å². The number of nitrogens with zero attached hydrogens (tertiary/aromatic N) is 2. The third-order valence-electron chi connectivity index (χ3n) is 3.37. The average Bonchev–Trinajstić information content (AvgIpc) is 2.66. The van der Waals surface area contributed by atoms with Crippen molar-refractivity contribution in [1.82, 2.24) is 0 Å². The van der Waals surface area contributed by atoms with Gasteiger partial charge in [-0.1, -0.05) is 12.1 Å². The second kappa shape index (κ2) is 11.3. The summed E-state index contributed by atoms with van der Waals surface area (Å²) in [6, 6.07) is 6.12. The molecule has 4 N–H and O–H groups in total. The van der Waals surface area contributed by atoms with Crippen molar-refractivity contribution in [3.8, 4) is 0 Å². The fourth-order valence-electron chi connectivity index (χ4n) is 2.19. The molecular weight excluding hydrogens is 503 g/mol. The summed E-state index contributed by atoms with van der Waals surface area (Å²) in [5.41, 5.74) is -4.29. The average molecular weight is 513 g/mol. The molecule has 2 aromatic carbocycles. The predicted octanol–water partition coefficient (Wildman–Crippen LogP) is 1.98. The molecule has 0 atom stereocenters. The normalized spacial score (nSPS) is 9.29. The molecule has 0 aliphatic heterocycles. The number of carboxylic acid groups (broad SMARTS) is 4. The van der Waals surface area contributed by atoms with Gasteiger partial charge in [-0.25, -0.2) is 19.2 Å². The second-order valence-electron chi connectivity index (χ2n) is 5.13. The van der Waals surface area contributed by atoms with Crippen molar-refractivity contribution >= 4 is 35.3 Å². The minimum Gasteiger partial charge on any atom is -0.478 e. The fraction of sp³-hybridized carbons (Fsp3) is 0. The van der Waals surface area contributed by atoms with Gasteiger partial charge in [0.25, 0.3) is 11.4 Å². The standard InChI is InChI=1S/2C8H5NO6.Zr/c2*10-7(11)4-2-1-3-5(9(14)15)6(4)8(12)13;/h2*1-3H,(H,10,11)(H,12,13);. The molecule has 0 spiro atoms. The van der Waals surface area contributed by atoms with Crippen molar-refractivity contribution in [1.29, 1.82) is 0 Å². The van der Waals surface area contributed by atoms with E-state index >= 15 is 0 Å². The van der Waals surface area contributed by atoms with Crippen LogP contribution in [-0.4, -0.2) is 54.1 Å². The number of nitro benzene ring substituents is 2. The fourth-order valence-corrected chi connectivity index (χ4v) is 2.19. The van der Waals surface area contributed by atoms with Crippen LogP contribution in [-0.2, 0) is 26.2 Å². The number of nitro groups is 2.